The highest BCUT2D eigenvalue weighted by Gasteiger charge is 2.05. The minimum absolute atomic E-state index is 0.773. The van der Waals surface area contributed by atoms with Gasteiger partial charge in [0, 0.05) is 10.2 Å². The summed E-state index contributed by atoms with van der Waals surface area (Å²) in [6.07, 6.45) is 5.32. The van der Waals surface area contributed by atoms with E-state index in [9.17, 15) is 0 Å². The van der Waals surface area contributed by atoms with Crippen LogP contribution in [0.25, 0.3) is 0 Å². The number of ether oxygens (including phenoxy) is 2. The maximum Gasteiger partial charge on any atom is 0.160 e. The lowest BCUT2D eigenvalue weighted by atomic mass is 10.1. The number of unbranched alkanes of at least 4 members (excludes halogenated alkanes) is 2. The van der Waals surface area contributed by atoms with Gasteiger partial charge in [0.2, 0.25) is 0 Å². The Balaban J connectivity index is 1.68. The van der Waals surface area contributed by atoms with Crippen LogP contribution >= 0.6 is 28.1 Å². The number of benzene rings is 2. The second kappa shape index (κ2) is 10.4. The summed E-state index contributed by atoms with van der Waals surface area (Å²) < 4.78 is 11.7. The van der Waals surface area contributed by atoms with Crippen LogP contribution in [0.4, 0.5) is 5.69 Å². The largest absolute Gasteiger partial charge is 0.493 e. The minimum atomic E-state index is 0.773. The van der Waals surface area contributed by atoms with Gasteiger partial charge in [-0.3, -0.25) is 0 Å². The third-order valence-corrected chi connectivity index (χ3v) is 4.73. The first kappa shape index (κ1) is 19.7. The van der Waals surface area contributed by atoms with Crippen molar-refractivity contribution in [2.45, 2.75) is 32.1 Å². The first-order chi connectivity index (χ1) is 12.1. The molecule has 0 atom stereocenters. The Hall–Kier alpha value is -1.59. The summed E-state index contributed by atoms with van der Waals surface area (Å²) in [5, 5.41) is 3.29. The lowest BCUT2D eigenvalue weighted by Gasteiger charge is -2.10. The molecular weight excluding hydrogens is 398 g/mol. The molecule has 25 heavy (non-hydrogen) atoms. The third kappa shape index (κ3) is 6.67. The van der Waals surface area contributed by atoms with Crippen LogP contribution in [0.1, 0.15) is 31.2 Å². The predicted molar refractivity (Wildman–Crippen MR) is 112 cm³/mol. The van der Waals surface area contributed by atoms with Crippen LogP contribution in [0, 0.1) is 0 Å². The first-order valence-electron chi connectivity index (χ1n) is 8.38. The van der Waals surface area contributed by atoms with E-state index in [1.807, 2.05) is 30.3 Å². The molecule has 0 amide bonds. The summed E-state index contributed by atoms with van der Waals surface area (Å²) in [5.74, 6) is 1.56. The van der Waals surface area contributed by atoms with Crippen molar-refractivity contribution in [3.63, 3.8) is 0 Å². The summed E-state index contributed by atoms with van der Waals surface area (Å²) in [4.78, 5) is 0.893. The van der Waals surface area contributed by atoms with Gasteiger partial charge in [0.1, 0.15) is 0 Å². The number of nitrogens with one attached hydrogen (secondary N) is 1. The number of hydrogen-bond acceptors (Lipinski definition) is 3. The molecule has 1 N–H and O–H groups in total. The summed E-state index contributed by atoms with van der Waals surface area (Å²) in [7, 11) is 3.32. The Bertz CT molecular complexity index is 706. The number of thiocarbonyl (C=S) groups is 1. The highest BCUT2D eigenvalue weighted by Crippen LogP contribution is 2.28. The fraction of sp³-hybridized carbons (Fsp3) is 0.350. The van der Waals surface area contributed by atoms with Crippen LogP contribution in [0.2, 0.25) is 0 Å². The molecule has 3 nitrogen and oxygen atoms in total. The van der Waals surface area contributed by atoms with Crippen molar-refractivity contribution >= 4 is 38.8 Å². The van der Waals surface area contributed by atoms with Gasteiger partial charge >= 0.3 is 0 Å². The Kier molecular flexibility index (Phi) is 8.22. The summed E-state index contributed by atoms with van der Waals surface area (Å²) in [5.41, 5.74) is 2.30. The number of anilines is 1. The molecule has 2 rings (SSSR count). The number of methoxy groups -OCH3 is 2. The molecule has 0 saturated heterocycles. The molecule has 0 aromatic heterocycles. The molecule has 0 aliphatic rings. The first-order valence-corrected chi connectivity index (χ1v) is 9.59. The Morgan fingerprint density at radius 3 is 2.52 bits per heavy atom. The van der Waals surface area contributed by atoms with Crippen molar-refractivity contribution in [1.82, 2.24) is 0 Å². The number of rotatable bonds is 9. The van der Waals surface area contributed by atoms with Crippen molar-refractivity contribution in [3.05, 3.63) is 52.5 Å². The van der Waals surface area contributed by atoms with Gasteiger partial charge in [-0.15, -0.1) is 0 Å². The standard InChI is InChI=1S/C20H24BrNO2S/c1-23-18-12-11-15(13-19(18)24-2)7-4-3-5-10-20(25)22-17-9-6-8-16(21)14-17/h6,8-9,11-14H,3-5,7,10H2,1-2H3,(H,22,25). The molecular formula is C20H24BrNO2S. The van der Waals surface area contributed by atoms with Gasteiger partial charge < -0.3 is 14.8 Å². The zero-order chi connectivity index (χ0) is 18.1. The zero-order valence-electron chi connectivity index (χ0n) is 14.7. The molecule has 0 radical (unpaired) electrons. The van der Waals surface area contributed by atoms with Gasteiger partial charge in [-0.1, -0.05) is 46.7 Å². The maximum atomic E-state index is 5.43. The second-order valence-corrected chi connectivity index (χ2v) is 7.22. The van der Waals surface area contributed by atoms with E-state index >= 15 is 0 Å². The van der Waals surface area contributed by atoms with Gasteiger partial charge in [0.25, 0.3) is 0 Å². The van der Waals surface area contributed by atoms with Gasteiger partial charge in [-0.25, -0.2) is 0 Å². The van der Waals surface area contributed by atoms with E-state index in [2.05, 4.69) is 33.4 Å². The maximum absolute atomic E-state index is 5.43. The molecule has 0 unspecified atom stereocenters. The average Bonchev–Trinajstić information content (AvgIpc) is 2.61. The fourth-order valence-corrected chi connectivity index (χ4v) is 3.28. The van der Waals surface area contributed by atoms with Crippen LogP contribution < -0.4 is 14.8 Å². The Morgan fingerprint density at radius 2 is 1.80 bits per heavy atom. The predicted octanol–water partition coefficient (Wildman–Crippen LogP) is 6.01. The molecule has 134 valence electrons. The topological polar surface area (TPSA) is 30.5 Å². The molecule has 2 aromatic carbocycles. The lowest BCUT2D eigenvalue weighted by molar-refractivity contribution is 0.354. The fourth-order valence-electron chi connectivity index (χ4n) is 2.62. The molecule has 2 aromatic rings. The quantitative estimate of drug-likeness (QED) is 0.396. The molecule has 0 spiro atoms. The van der Waals surface area contributed by atoms with Crippen molar-refractivity contribution in [2.24, 2.45) is 0 Å². The third-order valence-electron chi connectivity index (χ3n) is 3.93. The van der Waals surface area contributed by atoms with Crippen LogP contribution in [0.3, 0.4) is 0 Å². The normalized spacial score (nSPS) is 10.4. The van der Waals surface area contributed by atoms with E-state index < -0.39 is 0 Å². The van der Waals surface area contributed by atoms with Crippen molar-refractivity contribution in [1.29, 1.82) is 0 Å². The molecule has 0 saturated carbocycles. The summed E-state index contributed by atoms with van der Waals surface area (Å²) >= 11 is 8.89. The van der Waals surface area contributed by atoms with Crippen molar-refractivity contribution < 1.29 is 9.47 Å². The van der Waals surface area contributed by atoms with E-state index in [4.69, 9.17) is 21.7 Å². The monoisotopic (exact) mass is 421 g/mol. The Labute approximate surface area is 163 Å². The zero-order valence-corrected chi connectivity index (χ0v) is 17.1. The highest BCUT2D eigenvalue weighted by atomic mass is 79.9. The number of aryl methyl sites for hydroxylation is 1. The summed E-state index contributed by atoms with van der Waals surface area (Å²) in [6.45, 7) is 0. The second-order valence-electron chi connectivity index (χ2n) is 5.81. The molecule has 0 heterocycles. The van der Waals surface area contributed by atoms with Crippen LogP contribution in [0.15, 0.2) is 46.9 Å². The smallest absolute Gasteiger partial charge is 0.160 e. The van der Waals surface area contributed by atoms with Crippen molar-refractivity contribution in [2.75, 3.05) is 19.5 Å². The van der Waals surface area contributed by atoms with Crippen LogP contribution in [-0.4, -0.2) is 19.2 Å². The number of halogens is 1. The van der Waals surface area contributed by atoms with E-state index in [0.717, 1.165) is 58.8 Å². The molecule has 0 fully saturated rings. The van der Waals surface area contributed by atoms with E-state index in [-0.39, 0.29) is 0 Å². The van der Waals surface area contributed by atoms with Crippen LogP contribution in [0.5, 0.6) is 11.5 Å². The lowest BCUT2D eigenvalue weighted by Crippen LogP contribution is -2.08. The molecule has 0 bridgehead atoms. The van der Waals surface area contributed by atoms with Crippen molar-refractivity contribution in [3.8, 4) is 11.5 Å². The van der Waals surface area contributed by atoms with Gasteiger partial charge in [-0.05, 0) is 61.6 Å². The summed E-state index contributed by atoms with van der Waals surface area (Å²) in [6, 6.07) is 14.2. The van der Waals surface area contributed by atoms with E-state index in [1.165, 1.54) is 5.56 Å². The van der Waals surface area contributed by atoms with Gasteiger partial charge in [0.15, 0.2) is 11.5 Å². The van der Waals surface area contributed by atoms with Crippen LogP contribution in [-0.2, 0) is 6.42 Å². The van der Waals surface area contributed by atoms with E-state index in [1.54, 1.807) is 14.2 Å². The minimum Gasteiger partial charge on any atom is -0.493 e. The molecule has 0 aliphatic carbocycles. The Morgan fingerprint density at radius 1 is 1.00 bits per heavy atom. The number of hydrogen-bond donors (Lipinski definition) is 1. The van der Waals surface area contributed by atoms with Gasteiger partial charge in [0.05, 0.1) is 19.2 Å². The molecule has 0 aliphatic heterocycles. The average molecular weight is 422 g/mol. The van der Waals surface area contributed by atoms with Gasteiger partial charge in [-0.2, -0.15) is 0 Å². The SMILES string of the molecule is COc1ccc(CCCCCC(=S)Nc2cccc(Br)c2)cc1OC. The highest BCUT2D eigenvalue weighted by molar-refractivity contribution is 9.10. The van der Waals surface area contributed by atoms with E-state index in [0.29, 0.717) is 0 Å². The molecule has 5 heteroatoms.